The number of nitrogens with zero attached hydrogens (tertiary/aromatic N) is 8. The minimum atomic E-state index is 0.194. The van der Waals surface area contributed by atoms with Crippen LogP contribution in [-0.2, 0) is 12.8 Å². The van der Waals surface area contributed by atoms with Crippen LogP contribution in [0.3, 0.4) is 0 Å². The first kappa shape index (κ1) is 12.5. The van der Waals surface area contributed by atoms with Crippen LogP contribution < -0.4 is 0 Å². The molecule has 0 unspecified atom stereocenters. The standard InChI is InChI=1S/C10H10N8OS/c1-17-13-9(11-15-17)6-20-10-12-14-16-18(10)7-2-4-8(19)5-3-7/h2-5,19H,6H2,1H3. The number of phenols is 1. The smallest absolute Gasteiger partial charge is 0.214 e. The Balaban J connectivity index is 1.78. The second-order valence-corrected chi connectivity index (χ2v) is 4.82. The lowest BCUT2D eigenvalue weighted by Crippen LogP contribution is -1.99. The summed E-state index contributed by atoms with van der Waals surface area (Å²) in [4.78, 5) is 1.40. The van der Waals surface area contributed by atoms with Gasteiger partial charge in [0.25, 0.3) is 0 Å². The third-order valence-corrected chi connectivity index (χ3v) is 3.33. The van der Waals surface area contributed by atoms with Crippen molar-refractivity contribution in [1.82, 2.24) is 40.4 Å². The summed E-state index contributed by atoms with van der Waals surface area (Å²) >= 11 is 1.41. The molecule has 0 fully saturated rings. The molecule has 0 amide bonds. The number of aromatic hydroxyl groups is 1. The quantitative estimate of drug-likeness (QED) is 0.678. The van der Waals surface area contributed by atoms with Crippen LogP contribution in [0.25, 0.3) is 5.69 Å². The van der Waals surface area contributed by atoms with Crippen molar-refractivity contribution in [3.8, 4) is 11.4 Å². The Kier molecular flexibility index (Phi) is 3.29. The summed E-state index contributed by atoms with van der Waals surface area (Å²) in [6, 6.07) is 6.62. The number of rotatable bonds is 4. The Morgan fingerprint density at radius 1 is 1.15 bits per heavy atom. The molecule has 0 aliphatic rings. The molecule has 10 heteroatoms. The molecule has 0 atom stereocenters. The van der Waals surface area contributed by atoms with Crippen LogP contribution in [0.15, 0.2) is 29.4 Å². The van der Waals surface area contributed by atoms with Crippen LogP contribution in [-0.4, -0.2) is 45.5 Å². The zero-order valence-corrected chi connectivity index (χ0v) is 11.3. The second-order valence-electron chi connectivity index (χ2n) is 3.87. The van der Waals surface area contributed by atoms with E-state index in [4.69, 9.17) is 0 Å². The number of benzene rings is 1. The highest BCUT2D eigenvalue weighted by Gasteiger charge is 2.11. The number of hydrogen-bond donors (Lipinski definition) is 1. The molecule has 9 nitrogen and oxygen atoms in total. The van der Waals surface area contributed by atoms with Gasteiger partial charge in [-0.3, -0.25) is 0 Å². The maximum absolute atomic E-state index is 9.29. The molecular weight excluding hydrogens is 280 g/mol. The molecule has 1 aromatic carbocycles. The van der Waals surface area contributed by atoms with Gasteiger partial charge in [-0.2, -0.15) is 9.48 Å². The van der Waals surface area contributed by atoms with Crippen molar-refractivity contribution >= 4 is 11.8 Å². The highest BCUT2D eigenvalue weighted by Crippen LogP contribution is 2.21. The number of hydrogen-bond acceptors (Lipinski definition) is 8. The lowest BCUT2D eigenvalue weighted by molar-refractivity contribution is 0.475. The summed E-state index contributed by atoms with van der Waals surface area (Å²) < 4.78 is 1.58. The molecule has 3 rings (SSSR count). The highest BCUT2D eigenvalue weighted by atomic mass is 32.2. The Morgan fingerprint density at radius 3 is 2.65 bits per heavy atom. The van der Waals surface area contributed by atoms with Crippen LogP contribution in [0.2, 0.25) is 0 Å². The zero-order valence-electron chi connectivity index (χ0n) is 10.4. The van der Waals surface area contributed by atoms with Gasteiger partial charge in [0.15, 0.2) is 5.82 Å². The molecule has 20 heavy (non-hydrogen) atoms. The minimum Gasteiger partial charge on any atom is -0.508 e. The summed E-state index contributed by atoms with van der Waals surface area (Å²) in [5.74, 6) is 1.32. The molecule has 2 heterocycles. The van der Waals surface area contributed by atoms with Gasteiger partial charge in [-0.05, 0) is 39.9 Å². The fourth-order valence-corrected chi connectivity index (χ4v) is 2.27. The lowest BCUT2D eigenvalue weighted by Gasteiger charge is -2.02. The van der Waals surface area contributed by atoms with Crippen molar-refractivity contribution in [2.75, 3.05) is 0 Å². The van der Waals surface area contributed by atoms with Gasteiger partial charge >= 0.3 is 0 Å². The third kappa shape index (κ3) is 2.59. The van der Waals surface area contributed by atoms with Crippen molar-refractivity contribution in [2.24, 2.45) is 7.05 Å². The average molecular weight is 290 g/mol. The van der Waals surface area contributed by atoms with Gasteiger partial charge in [0, 0.05) is 0 Å². The van der Waals surface area contributed by atoms with Crippen molar-refractivity contribution in [2.45, 2.75) is 10.9 Å². The molecular formula is C10H10N8OS. The predicted molar refractivity (Wildman–Crippen MR) is 69.2 cm³/mol. The molecule has 0 spiro atoms. The Morgan fingerprint density at radius 2 is 1.95 bits per heavy atom. The first-order valence-corrected chi connectivity index (χ1v) is 6.64. The van der Waals surface area contributed by atoms with E-state index in [2.05, 4.69) is 30.9 Å². The maximum Gasteiger partial charge on any atom is 0.214 e. The lowest BCUT2D eigenvalue weighted by atomic mass is 10.3. The zero-order chi connectivity index (χ0) is 13.9. The van der Waals surface area contributed by atoms with Crippen molar-refractivity contribution in [1.29, 1.82) is 0 Å². The number of aromatic nitrogens is 8. The summed E-state index contributed by atoms with van der Waals surface area (Å²) in [7, 11) is 1.71. The van der Waals surface area contributed by atoms with Crippen LogP contribution in [0, 0.1) is 0 Å². The van der Waals surface area contributed by atoms with Crippen LogP contribution in [0.1, 0.15) is 5.82 Å². The van der Waals surface area contributed by atoms with E-state index >= 15 is 0 Å². The van der Waals surface area contributed by atoms with E-state index in [0.717, 1.165) is 5.69 Å². The van der Waals surface area contributed by atoms with Gasteiger partial charge in [0.05, 0.1) is 18.5 Å². The molecule has 102 valence electrons. The molecule has 0 aliphatic heterocycles. The maximum atomic E-state index is 9.29. The van der Waals surface area contributed by atoms with E-state index in [-0.39, 0.29) is 5.75 Å². The molecule has 3 aromatic rings. The fourth-order valence-electron chi connectivity index (χ4n) is 1.54. The number of phenolic OH excluding ortho intramolecular Hbond substituents is 1. The highest BCUT2D eigenvalue weighted by molar-refractivity contribution is 7.98. The molecule has 0 aliphatic carbocycles. The number of tetrazole rings is 2. The van der Waals surface area contributed by atoms with E-state index in [1.807, 2.05) is 0 Å². The third-order valence-electron chi connectivity index (χ3n) is 2.42. The van der Waals surface area contributed by atoms with E-state index in [1.165, 1.54) is 16.6 Å². The number of thioether (sulfide) groups is 1. The minimum absolute atomic E-state index is 0.194. The average Bonchev–Trinajstić information content (AvgIpc) is 3.06. The number of aryl methyl sites for hydroxylation is 1. The normalized spacial score (nSPS) is 10.8. The van der Waals surface area contributed by atoms with E-state index in [0.29, 0.717) is 16.7 Å². The summed E-state index contributed by atoms with van der Waals surface area (Å²) in [5, 5.41) is 33.2. The van der Waals surface area contributed by atoms with E-state index in [1.54, 1.807) is 36.0 Å². The molecule has 0 bridgehead atoms. The van der Waals surface area contributed by atoms with Crippen LogP contribution >= 0.6 is 11.8 Å². The largest absolute Gasteiger partial charge is 0.508 e. The molecule has 1 N–H and O–H groups in total. The first-order chi connectivity index (χ1) is 9.72. The molecule has 0 radical (unpaired) electrons. The SMILES string of the molecule is Cn1nnc(CSc2nnnn2-c2ccc(O)cc2)n1. The van der Waals surface area contributed by atoms with Crippen molar-refractivity contribution in [3.05, 3.63) is 30.1 Å². The second kappa shape index (κ2) is 5.25. The first-order valence-electron chi connectivity index (χ1n) is 5.66. The van der Waals surface area contributed by atoms with Gasteiger partial charge in [0.1, 0.15) is 5.75 Å². The Labute approximate surface area is 117 Å². The van der Waals surface area contributed by atoms with Crippen molar-refractivity contribution < 1.29 is 5.11 Å². The molecule has 0 saturated carbocycles. The van der Waals surface area contributed by atoms with Gasteiger partial charge in [-0.15, -0.1) is 15.3 Å². The topological polar surface area (TPSA) is 107 Å². The fraction of sp³-hybridized carbons (Fsp3) is 0.200. The van der Waals surface area contributed by atoms with Crippen LogP contribution in [0.4, 0.5) is 0 Å². The van der Waals surface area contributed by atoms with E-state index in [9.17, 15) is 5.11 Å². The van der Waals surface area contributed by atoms with Gasteiger partial charge in [-0.1, -0.05) is 11.8 Å². The van der Waals surface area contributed by atoms with Gasteiger partial charge in [-0.25, -0.2) is 0 Å². The van der Waals surface area contributed by atoms with Gasteiger partial charge in [0.2, 0.25) is 5.16 Å². The predicted octanol–water partition coefficient (Wildman–Crippen LogP) is 0.184. The van der Waals surface area contributed by atoms with Crippen molar-refractivity contribution in [3.63, 3.8) is 0 Å². The van der Waals surface area contributed by atoms with Crippen LogP contribution in [0.5, 0.6) is 5.75 Å². The van der Waals surface area contributed by atoms with Gasteiger partial charge < -0.3 is 5.11 Å². The Bertz CT molecular complexity index is 706. The summed E-state index contributed by atoms with van der Waals surface area (Å²) in [6.07, 6.45) is 0. The molecule has 2 aromatic heterocycles. The Hall–Kier alpha value is -2.49. The summed E-state index contributed by atoms with van der Waals surface area (Å²) in [5.41, 5.74) is 0.766. The van der Waals surface area contributed by atoms with E-state index < -0.39 is 0 Å². The summed E-state index contributed by atoms with van der Waals surface area (Å²) in [6.45, 7) is 0. The molecule has 0 saturated heterocycles. The monoisotopic (exact) mass is 290 g/mol.